The second-order valence-corrected chi connectivity index (χ2v) is 27.9. The van der Waals surface area contributed by atoms with E-state index >= 15 is 0 Å². The fourth-order valence-corrected chi connectivity index (χ4v) is 11.9. The topological polar surface area (TPSA) is 237 Å². The molecule has 0 amide bonds. The number of phosphoric acid groups is 2. The zero-order valence-corrected chi connectivity index (χ0v) is 57.9. The molecule has 0 heterocycles. The number of carbonyl (C=O) groups excluding carboxylic acids is 4. The van der Waals surface area contributed by atoms with Crippen molar-refractivity contribution in [2.45, 2.75) is 368 Å². The van der Waals surface area contributed by atoms with Crippen molar-refractivity contribution in [3.63, 3.8) is 0 Å². The van der Waals surface area contributed by atoms with Crippen LogP contribution < -0.4 is 0 Å². The van der Waals surface area contributed by atoms with Crippen LogP contribution >= 0.6 is 15.6 Å². The number of esters is 4. The van der Waals surface area contributed by atoms with Gasteiger partial charge in [0.25, 0.3) is 0 Å². The maximum atomic E-state index is 13.0. The summed E-state index contributed by atoms with van der Waals surface area (Å²) in [5.41, 5.74) is 0. The van der Waals surface area contributed by atoms with Gasteiger partial charge < -0.3 is 33.8 Å². The lowest BCUT2D eigenvalue weighted by Gasteiger charge is -2.21. The van der Waals surface area contributed by atoms with Gasteiger partial charge in [-0.3, -0.25) is 37.3 Å². The number of hydrogen-bond donors (Lipinski definition) is 3. The van der Waals surface area contributed by atoms with E-state index in [4.69, 9.17) is 37.0 Å². The van der Waals surface area contributed by atoms with Crippen molar-refractivity contribution in [1.29, 1.82) is 0 Å². The molecular formula is C68H132O17P2. The van der Waals surface area contributed by atoms with Gasteiger partial charge in [-0.2, -0.15) is 0 Å². The van der Waals surface area contributed by atoms with Gasteiger partial charge in [0.15, 0.2) is 12.2 Å². The van der Waals surface area contributed by atoms with E-state index in [-0.39, 0.29) is 25.7 Å². The van der Waals surface area contributed by atoms with Crippen LogP contribution in [-0.4, -0.2) is 96.7 Å². The Labute approximate surface area is 530 Å². The highest BCUT2D eigenvalue weighted by Gasteiger charge is 2.30. The number of phosphoric ester groups is 2. The molecule has 2 unspecified atom stereocenters. The van der Waals surface area contributed by atoms with Crippen LogP contribution in [0.15, 0.2) is 0 Å². The fourth-order valence-electron chi connectivity index (χ4n) is 10.3. The molecule has 0 aromatic carbocycles. The molecule has 3 N–H and O–H groups in total. The second kappa shape index (κ2) is 61.6. The predicted molar refractivity (Wildman–Crippen MR) is 349 cm³/mol. The van der Waals surface area contributed by atoms with E-state index in [1.807, 2.05) is 0 Å². The standard InChI is InChI=1S/C68H132O17P2/c1-6-9-12-15-18-21-22-23-24-25-26-27-28-29-30-31-32-34-37-44-49-54-68(73)85-64(58-79-66(71)52-47-42-39-38-40-45-50-61(4)5)60-83-87(76,77)81-56-62(69)55-80-86(74,75)82-59-63(57-78-65(70)51-46-41-35-20-17-14-11-8-3)84-67(72)53-48-43-36-33-19-16-13-10-7-2/h61-64,69H,6-60H2,1-5H3,(H,74,75)(H,76,77)/t62-,63+,64+/m0/s1. The number of carbonyl (C=O) groups is 4. The Kier molecular flexibility index (Phi) is 60.2. The molecule has 0 spiro atoms. The van der Waals surface area contributed by atoms with Gasteiger partial charge >= 0.3 is 39.5 Å². The van der Waals surface area contributed by atoms with E-state index in [0.717, 1.165) is 103 Å². The number of aliphatic hydroxyl groups is 1. The van der Waals surface area contributed by atoms with Crippen molar-refractivity contribution in [1.82, 2.24) is 0 Å². The molecule has 0 fully saturated rings. The molecule has 0 aliphatic rings. The Hall–Kier alpha value is -1.94. The predicted octanol–water partition coefficient (Wildman–Crippen LogP) is 19.4. The highest BCUT2D eigenvalue weighted by atomic mass is 31.2. The lowest BCUT2D eigenvalue weighted by Crippen LogP contribution is -2.30. The summed E-state index contributed by atoms with van der Waals surface area (Å²) in [6.45, 7) is 7.10. The summed E-state index contributed by atoms with van der Waals surface area (Å²) >= 11 is 0. The maximum absolute atomic E-state index is 13.0. The smallest absolute Gasteiger partial charge is 0.462 e. The molecule has 0 rings (SSSR count). The maximum Gasteiger partial charge on any atom is 0.472 e. The largest absolute Gasteiger partial charge is 0.472 e. The minimum atomic E-state index is -4.95. The molecule has 87 heavy (non-hydrogen) atoms. The van der Waals surface area contributed by atoms with Crippen molar-refractivity contribution < 1.29 is 80.2 Å². The molecule has 19 heteroatoms. The summed E-state index contributed by atoms with van der Waals surface area (Å²) in [5.74, 6) is -1.45. The van der Waals surface area contributed by atoms with Gasteiger partial charge in [-0.05, 0) is 31.6 Å². The number of rotatable bonds is 68. The van der Waals surface area contributed by atoms with Crippen LogP contribution in [0.5, 0.6) is 0 Å². The Morgan fingerprint density at radius 2 is 0.529 bits per heavy atom. The first-order valence-corrected chi connectivity index (χ1v) is 38.6. The molecule has 0 bridgehead atoms. The van der Waals surface area contributed by atoms with Crippen molar-refractivity contribution >= 4 is 39.5 Å². The Morgan fingerprint density at radius 1 is 0.310 bits per heavy atom. The number of hydrogen-bond acceptors (Lipinski definition) is 15. The van der Waals surface area contributed by atoms with E-state index in [9.17, 15) is 43.2 Å². The molecule has 0 saturated heterocycles. The summed E-state index contributed by atoms with van der Waals surface area (Å²) < 4.78 is 68.0. The average Bonchev–Trinajstić information content (AvgIpc) is 3.66. The summed E-state index contributed by atoms with van der Waals surface area (Å²) in [5, 5.41) is 10.5. The van der Waals surface area contributed by atoms with E-state index < -0.39 is 97.5 Å². The highest BCUT2D eigenvalue weighted by Crippen LogP contribution is 2.45. The van der Waals surface area contributed by atoms with Crippen LogP contribution in [0.4, 0.5) is 0 Å². The Balaban J connectivity index is 5.09. The normalized spacial score (nSPS) is 14.1. The molecule has 516 valence electrons. The first-order chi connectivity index (χ1) is 42.0. The minimum Gasteiger partial charge on any atom is -0.462 e. The highest BCUT2D eigenvalue weighted by molar-refractivity contribution is 7.47. The molecule has 0 saturated carbocycles. The van der Waals surface area contributed by atoms with Crippen molar-refractivity contribution in [2.75, 3.05) is 39.6 Å². The van der Waals surface area contributed by atoms with Gasteiger partial charge in [-0.1, -0.05) is 298 Å². The SMILES string of the molecule is CCCCCCCCCCCCCCCCCCCCCCCC(=O)O[C@H](COC(=O)CCCCCCCCC(C)C)COP(=O)(O)OC[C@@H](O)COP(=O)(O)OC[C@@H](COC(=O)CCCCCCCCCC)OC(=O)CCCCCCCCCCC. The van der Waals surface area contributed by atoms with Crippen LogP contribution in [0, 0.1) is 5.92 Å². The first kappa shape index (κ1) is 85.1. The number of unbranched alkanes of at least 4 members (excludes halogenated alkanes) is 40. The van der Waals surface area contributed by atoms with Gasteiger partial charge in [0.05, 0.1) is 26.4 Å². The van der Waals surface area contributed by atoms with Crippen LogP contribution in [0.3, 0.4) is 0 Å². The van der Waals surface area contributed by atoms with Crippen molar-refractivity contribution in [3.05, 3.63) is 0 Å². The van der Waals surface area contributed by atoms with Crippen molar-refractivity contribution in [3.8, 4) is 0 Å². The molecule has 17 nitrogen and oxygen atoms in total. The molecule has 0 aromatic rings. The van der Waals surface area contributed by atoms with Crippen LogP contribution in [-0.2, 0) is 65.4 Å². The molecule has 5 atom stereocenters. The van der Waals surface area contributed by atoms with Gasteiger partial charge in [0, 0.05) is 25.7 Å². The quantitative estimate of drug-likeness (QED) is 0.0222. The van der Waals surface area contributed by atoms with Crippen LogP contribution in [0.1, 0.15) is 349 Å². The molecular weight excluding hydrogens is 1150 g/mol. The lowest BCUT2D eigenvalue weighted by atomic mass is 10.0. The zero-order chi connectivity index (χ0) is 64.2. The van der Waals surface area contributed by atoms with E-state index in [1.165, 1.54) is 161 Å². The summed E-state index contributed by atoms with van der Waals surface area (Å²) in [6, 6.07) is 0. The average molecular weight is 1280 g/mol. The summed E-state index contributed by atoms with van der Waals surface area (Å²) in [4.78, 5) is 72.2. The lowest BCUT2D eigenvalue weighted by molar-refractivity contribution is -0.161. The first-order valence-electron chi connectivity index (χ1n) is 35.6. The van der Waals surface area contributed by atoms with Gasteiger partial charge in [-0.15, -0.1) is 0 Å². The molecule has 0 aromatic heterocycles. The van der Waals surface area contributed by atoms with E-state index in [0.29, 0.717) is 31.6 Å². The van der Waals surface area contributed by atoms with Crippen molar-refractivity contribution in [2.24, 2.45) is 5.92 Å². The van der Waals surface area contributed by atoms with Crippen LogP contribution in [0.2, 0.25) is 0 Å². The molecule has 0 aliphatic heterocycles. The fraction of sp³-hybridized carbons (Fsp3) is 0.941. The van der Waals surface area contributed by atoms with E-state index in [1.54, 1.807) is 0 Å². The van der Waals surface area contributed by atoms with Crippen LogP contribution in [0.25, 0.3) is 0 Å². The third-order valence-corrected chi connectivity index (χ3v) is 17.7. The third-order valence-electron chi connectivity index (χ3n) is 15.8. The molecule has 0 aliphatic carbocycles. The monoisotopic (exact) mass is 1280 g/mol. The number of ether oxygens (including phenoxy) is 4. The summed E-state index contributed by atoms with van der Waals surface area (Å²) in [6.07, 6.45) is 47.6. The third kappa shape index (κ3) is 62.6. The Bertz CT molecular complexity index is 1690. The summed E-state index contributed by atoms with van der Waals surface area (Å²) in [7, 11) is -9.89. The Morgan fingerprint density at radius 3 is 0.782 bits per heavy atom. The zero-order valence-electron chi connectivity index (χ0n) is 56.2. The molecule has 0 radical (unpaired) electrons. The van der Waals surface area contributed by atoms with Gasteiger partial charge in [0.1, 0.15) is 19.3 Å². The second-order valence-electron chi connectivity index (χ2n) is 25.0. The van der Waals surface area contributed by atoms with E-state index in [2.05, 4.69) is 34.6 Å². The minimum absolute atomic E-state index is 0.106. The number of aliphatic hydroxyl groups excluding tert-OH is 1. The van der Waals surface area contributed by atoms with Gasteiger partial charge in [0.2, 0.25) is 0 Å². The van der Waals surface area contributed by atoms with Gasteiger partial charge in [-0.25, -0.2) is 9.13 Å².